The van der Waals surface area contributed by atoms with Gasteiger partial charge in [0.2, 0.25) is 0 Å². The van der Waals surface area contributed by atoms with Crippen molar-refractivity contribution in [1.29, 1.82) is 0 Å². The van der Waals surface area contributed by atoms with Crippen LogP contribution in [-0.4, -0.2) is 63.2 Å². The van der Waals surface area contributed by atoms with Crippen molar-refractivity contribution in [3.05, 3.63) is 0 Å². The fourth-order valence-electron chi connectivity index (χ4n) is 1.28. The molecular formula is C13H33N3. The van der Waals surface area contributed by atoms with Crippen molar-refractivity contribution in [2.75, 3.05) is 53.4 Å². The third-order valence-corrected chi connectivity index (χ3v) is 2.07. The highest BCUT2D eigenvalue weighted by atomic mass is 15.2. The molecule has 1 heterocycles. The van der Waals surface area contributed by atoms with Gasteiger partial charge in [0.05, 0.1) is 0 Å². The van der Waals surface area contributed by atoms with Crippen molar-refractivity contribution >= 4 is 0 Å². The maximum Gasteiger partial charge on any atom is 0.0110 e. The summed E-state index contributed by atoms with van der Waals surface area (Å²) in [4.78, 5) is 4.75. The van der Waals surface area contributed by atoms with E-state index in [1.54, 1.807) is 0 Å². The van der Waals surface area contributed by atoms with Gasteiger partial charge in [-0.1, -0.05) is 34.1 Å². The van der Waals surface area contributed by atoms with Gasteiger partial charge in [-0.2, -0.15) is 0 Å². The highest BCUT2D eigenvalue weighted by molar-refractivity contribution is 4.67. The first-order chi connectivity index (χ1) is 7.70. The molecule has 1 saturated heterocycles. The Morgan fingerprint density at radius 1 is 1.06 bits per heavy atom. The molecule has 1 N–H and O–H groups in total. The number of hydrogen-bond acceptors (Lipinski definition) is 3. The highest BCUT2D eigenvalue weighted by Gasteiger charge is 2.08. The van der Waals surface area contributed by atoms with Crippen molar-refractivity contribution in [3.63, 3.8) is 0 Å². The van der Waals surface area contributed by atoms with E-state index < -0.39 is 0 Å². The quantitative estimate of drug-likeness (QED) is 0.800. The van der Waals surface area contributed by atoms with Gasteiger partial charge in [-0.3, -0.25) is 4.90 Å². The predicted molar refractivity (Wildman–Crippen MR) is 75.2 cm³/mol. The average molecular weight is 231 g/mol. The summed E-state index contributed by atoms with van der Waals surface area (Å²) in [7, 11) is 4.25. The maximum atomic E-state index is 3.35. The van der Waals surface area contributed by atoms with Gasteiger partial charge in [-0.05, 0) is 14.1 Å². The second-order valence-electron chi connectivity index (χ2n) is 4.10. The molecule has 0 unspecified atom stereocenters. The number of likely N-dealkylation sites (N-methyl/N-ethyl adjacent to an activating group) is 1. The standard InChI is InChI=1S/C8H19N3.C3H8.C2H6/c1-10(2)7-8-11-5-3-9-4-6-11;1-3-2;1-2/h9H,3-8H2,1-2H3;3H2,1-2H3;1-2H3. The van der Waals surface area contributed by atoms with E-state index in [1.165, 1.54) is 32.6 Å². The molecule has 0 saturated carbocycles. The van der Waals surface area contributed by atoms with E-state index in [0.717, 1.165) is 13.1 Å². The van der Waals surface area contributed by atoms with Crippen LogP contribution in [0.25, 0.3) is 0 Å². The molecule has 3 heteroatoms. The minimum Gasteiger partial charge on any atom is -0.314 e. The van der Waals surface area contributed by atoms with E-state index in [-0.39, 0.29) is 0 Å². The van der Waals surface area contributed by atoms with E-state index in [0.29, 0.717) is 0 Å². The van der Waals surface area contributed by atoms with E-state index in [1.807, 2.05) is 13.8 Å². The second kappa shape index (κ2) is 14.9. The molecule has 0 aromatic rings. The molecule has 100 valence electrons. The van der Waals surface area contributed by atoms with Crippen LogP contribution in [0.2, 0.25) is 0 Å². The summed E-state index contributed by atoms with van der Waals surface area (Å²) < 4.78 is 0. The highest BCUT2D eigenvalue weighted by Crippen LogP contribution is 1.91. The molecule has 1 rings (SSSR count). The molecule has 0 radical (unpaired) electrons. The fourth-order valence-corrected chi connectivity index (χ4v) is 1.28. The van der Waals surface area contributed by atoms with Gasteiger partial charge in [0, 0.05) is 39.3 Å². The minimum absolute atomic E-state index is 1.16. The largest absolute Gasteiger partial charge is 0.314 e. The average Bonchev–Trinajstić information content (AvgIpc) is 2.31. The Hall–Kier alpha value is -0.120. The maximum absolute atomic E-state index is 3.35. The van der Waals surface area contributed by atoms with Crippen molar-refractivity contribution in [3.8, 4) is 0 Å². The van der Waals surface area contributed by atoms with Gasteiger partial charge in [-0.15, -0.1) is 0 Å². The molecule has 16 heavy (non-hydrogen) atoms. The van der Waals surface area contributed by atoms with Crippen molar-refractivity contribution < 1.29 is 0 Å². The minimum atomic E-state index is 1.16. The fraction of sp³-hybridized carbons (Fsp3) is 1.00. The van der Waals surface area contributed by atoms with Crippen LogP contribution in [0.5, 0.6) is 0 Å². The van der Waals surface area contributed by atoms with Crippen LogP contribution in [-0.2, 0) is 0 Å². The first kappa shape index (κ1) is 18.3. The van der Waals surface area contributed by atoms with Crippen LogP contribution < -0.4 is 5.32 Å². The Bertz CT molecular complexity index is 110. The lowest BCUT2D eigenvalue weighted by atomic mass is 10.3. The lowest BCUT2D eigenvalue weighted by molar-refractivity contribution is 0.217. The smallest absolute Gasteiger partial charge is 0.0110 e. The second-order valence-corrected chi connectivity index (χ2v) is 4.10. The van der Waals surface area contributed by atoms with E-state index in [2.05, 4.69) is 43.1 Å². The third-order valence-electron chi connectivity index (χ3n) is 2.07. The summed E-state index contributed by atoms with van der Waals surface area (Å²) in [5.74, 6) is 0. The summed E-state index contributed by atoms with van der Waals surface area (Å²) in [5.41, 5.74) is 0. The van der Waals surface area contributed by atoms with Gasteiger partial charge in [0.15, 0.2) is 0 Å². The van der Waals surface area contributed by atoms with Gasteiger partial charge in [-0.25, -0.2) is 0 Å². The van der Waals surface area contributed by atoms with Crippen LogP contribution in [0.15, 0.2) is 0 Å². The topological polar surface area (TPSA) is 18.5 Å². The summed E-state index contributed by atoms with van der Waals surface area (Å²) in [5, 5.41) is 3.35. The van der Waals surface area contributed by atoms with Gasteiger partial charge in [0.1, 0.15) is 0 Å². The first-order valence-corrected chi connectivity index (χ1v) is 6.78. The Labute approximate surface area is 103 Å². The molecule has 1 aliphatic heterocycles. The van der Waals surface area contributed by atoms with Crippen molar-refractivity contribution in [2.45, 2.75) is 34.1 Å². The molecule has 0 bridgehead atoms. The molecule has 0 aromatic heterocycles. The van der Waals surface area contributed by atoms with Gasteiger partial charge in [0.25, 0.3) is 0 Å². The lowest BCUT2D eigenvalue weighted by Crippen LogP contribution is -2.45. The number of nitrogens with zero attached hydrogens (tertiary/aromatic N) is 2. The van der Waals surface area contributed by atoms with Crippen LogP contribution in [0, 0.1) is 0 Å². The van der Waals surface area contributed by atoms with Gasteiger partial charge >= 0.3 is 0 Å². The molecule has 0 amide bonds. The Morgan fingerprint density at radius 3 is 1.88 bits per heavy atom. The zero-order valence-corrected chi connectivity index (χ0v) is 12.3. The number of rotatable bonds is 3. The Kier molecular flexibility index (Phi) is 17.0. The number of hydrogen-bond donors (Lipinski definition) is 1. The van der Waals surface area contributed by atoms with E-state index in [4.69, 9.17) is 0 Å². The SMILES string of the molecule is CC.CCC.CN(C)CCN1CCNCC1. The third kappa shape index (κ3) is 13.9. The van der Waals surface area contributed by atoms with Crippen molar-refractivity contribution in [2.24, 2.45) is 0 Å². The molecular weight excluding hydrogens is 198 g/mol. The number of piperazine rings is 1. The predicted octanol–water partition coefficient (Wildman–Crippen LogP) is 1.90. The van der Waals surface area contributed by atoms with Crippen LogP contribution in [0.4, 0.5) is 0 Å². The van der Waals surface area contributed by atoms with Crippen LogP contribution >= 0.6 is 0 Å². The summed E-state index contributed by atoms with van der Waals surface area (Å²) in [6, 6.07) is 0. The molecule has 0 spiro atoms. The van der Waals surface area contributed by atoms with Crippen molar-refractivity contribution in [1.82, 2.24) is 15.1 Å². The van der Waals surface area contributed by atoms with Crippen LogP contribution in [0.1, 0.15) is 34.1 Å². The number of nitrogens with one attached hydrogen (secondary N) is 1. The Balaban J connectivity index is 0. The molecule has 0 atom stereocenters. The normalized spacial score (nSPS) is 15.9. The molecule has 0 aromatic carbocycles. The summed E-state index contributed by atoms with van der Waals surface area (Å²) in [6.07, 6.45) is 1.25. The molecule has 1 aliphatic rings. The zero-order valence-electron chi connectivity index (χ0n) is 12.3. The molecule has 0 aliphatic carbocycles. The first-order valence-electron chi connectivity index (χ1n) is 6.78. The summed E-state index contributed by atoms with van der Waals surface area (Å²) in [6.45, 7) is 15.4. The van der Waals surface area contributed by atoms with Crippen LogP contribution in [0.3, 0.4) is 0 Å². The van der Waals surface area contributed by atoms with E-state index >= 15 is 0 Å². The van der Waals surface area contributed by atoms with E-state index in [9.17, 15) is 0 Å². The lowest BCUT2D eigenvalue weighted by Gasteiger charge is -2.28. The summed E-state index contributed by atoms with van der Waals surface area (Å²) >= 11 is 0. The molecule has 1 fully saturated rings. The Morgan fingerprint density at radius 2 is 1.50 bits per heavy atom. The zero-order chi connectivity index (χ0) is 12.8. The molecule has 3 nitrogen and oxygen atoms in total. The monoisotopic (exact) mass is 231 g/mol. The van der Waals surface area contributed by atoms with Gasteiger partial charge < -0.3 is 10.2 Å².